The van der Waals surface area contributed by atoms with E-state index in [0.717, 1.165) is 44.0 Å². The van der Waals surface area contributed by atoms with Gasteiger partial charge in [0.25, 0.3) is 0 Å². The Morgan fingerprint density at radius 3 is 2.56 bits per heavy atom. The number of fused-ring (bicyclic) bond motifs is 1. The van der Waals surface area contributed by atoms with E-state index in [1.54, 1.807) is 0 Å². The SMILES string of the molecule is Cc1ccc(CC2CN(CCc3ccccc3)Cc3ccccc32)o1. The molecule has 128 valence electrons. The lowest BCUT2D eigenvalue weighted by Crippen LogP contribution is -2.35. The average Bonchev–Trinajstić information content (AvgIpc) is 3.06. The molecule has 0 N–H and O–H groups in total. The molecule has 1 aliphatic heterocycles. The highest BCUT2D eigenvalue weighted by Crippen LogP contribution is 2.31. The van der Waals surface area contributed by atoms with Gasteiger partial charge in [-0.1, -0.05) is 54.6 Å². The van der Waals surface area contributed by atoms with Crippen LogP contribution in [0.25, 0.3) is 0 Å². The summed E-state index contributed by atoms with van der Waals surface area (Å²) in [6, 6.07) is 23.9. The van der Waals surface area contributed by atoms with Gasteiger partial charge >= 0.3 is 0 Å². The number of rotatable bonds is 5. The number of hydrogen-bond acceptors (Lipinski definition) is 2. The van der Waals surface area contributed by atoms with E-state index in [1.807, 2.05) is 6.92 Å². The van der Waals surface area contributed by atoms with E-state index in [0.29, 0.717) is 5.92 Å². The van der Waals surface area contributed by atoms with Crippen LogP contribution in [0.5, 0.6) is 0 Å². The Hall–Kier alpha value is -2.32. The van der Waals surface area contributed by atoms with Crippen LogP contribution in [0.3, 0.4) is 0 Å². The molecule has 0 bridgehead atoms. The second-order valence-electron chi connectivity index (χ2n) is 7.08. The Kier molecular flexibility index (Phi) is 4.71. The van der Waals surface area contributed by atoms with Crippen LogP contribution < -0.4 is 0 Å². The fourth-order valence-corrected chi connectivity index (χ4v) is 3.91. The minimum atomic E-state index is 0.506. The molecule has 2 aromatic carbocycles. The van der Waals surface area contributed by atoms with E-state index in [2.05, 4.69) is 71.6 Å². The van der Waals surface area contributed by atoms with Crippen molar-refractivity contribution < 1.29 is 4.42 Å². The maximum Gasteiger partial charge on any atom is 0.104 e. The van der Waals surface area contributed by atoms with Gasteiger partial charge in [0.1, 0.15) is 11.5 Å². The molecule has 3 aromatic rings. The monoisotopic (exact) mass is 331 g/mol. The minimum Gasteiger partial charge on any atom is -0.466 e. The zero-order chi connectivity index (χ0) is 17.1. The van der Waals surface area contributed by atoms with Crippen LogP contribution in [0.2, 0.25) is 0 Å². The molecule has 0 saturated heterocycles. The van der Waals surface area contributed by atoms with Gasteiger partial charge < -0.3 is 4.42 Å². The second kappa shape index (κ2) is 7.28. The standard InChI is InChI=1S/C23H25NO/c1-18-11-12-22(25-18)15-21-17-24(14-13-19-7-3-2-4-8-19)16-20-9-5-6-10-23(20)21/h2-12,21H,13-17H2,1H3. The van der Waals surface area contributed by atoms with Crippen molar-refractivity contribution in [2.24, 2.45) is 0 Å². The van der Waals surface area contributed by atoms with Crippen molar-refractivity contribution >= 4 is 0 Å². The summed E-state index contributed by atoms with van der Waals surface area (Å²) < 4.78 is 5.85. The van der Waals surface area contributed by atoms with E-state index < -0.39 is 0 Å². The Balaban J connectivity index is 1.50. The highest BCUT2D eigenvalue weighted by molar-refractivity contribution is 5.34. The Labute approximate surface area is 150 Å². The van der Waals surface area contributed by atoms with E-state index in [-0.39, 0.29) is 0 Å². The summed E-state index contributed by atoms with van der Waals surface area (Å²) in [7, 11) is 0. The van der Waals surface area contributed by atoms with Crippen LogP contribution in [0, 0.1) is 6.92 Å². The highest BCUT2D eigenvalue weighted by Gasteiger charge is 2.25. The van der Waals surface area contributed by atoms with E-state index in [4.69, 9.17) is 4.42 Å². The van der Waals surface area contributed by atoms with Gasteiger partial charge in [-0.3, -0.25) is 4.90 Å². The van der Waals surface area contributed by atoms with Crippen LogP contribution in [-0.4, -0.2) is 18.0 Å². The van der Waals surface area contributed by atoms with Crippen molar-refractivity contribution in [1.82, 2.24) is 4.90 Å². The quantitative estimate of drug-likeness (QED) is 0.656. The van der Waals surface area contributed by atoms with Crippen molar-refractivity contribution in [1.29, 1.82) is 0 Å². The van der Waals surface area contributed by atoms with Crippen LogP contribution in [-0.2, 0) is 19.4 Å². The third kappa shape index (κ3) is 3.85. The van der Waals surface area contributed by atoms with Crippen molar-refractivity contribution in [3.8, 4) is 0 Å². The molecular formula is C23H25NO. The zero-order valence-electron chi connectivity index (χ0n) is 14.8. The molecule has 25 heavy (non-hydrogen) atoms. The Morgan fingerprint density at radius 2 is 1.76 bits per heavy atom. The summed E-state index contributed by atoms with van der Waals surface area (Å²) >= 11 is 0. The molecule has 2 heterocycles. The maximum atomic E-state index is 5.85. The van der Waals surface area contributed by atoms with E-state index >= 15 is 0 Å². The molecular weight excluding hydrogens is 306 g/mol. The fourth-order valence-electron chi connectivity index (χ4n) is 3.91. The summed E-state index contributed by atoms with van der Waals surface area (Å²) in [5.74, 6) is 2.61. The summed E-state index contributed by atoms with van der Waals surface area (Å²) in [6.07, 6.45) is 2.09. The van der Waals surface area contributed by atoms with Crippen molar-refractivity contribution in [2.75, 3.05) is 13.1 Å². The predicted molar refractivity (Wildman–Crippen MR) is 102 cm³/mol. The lowest BCUT2D eigenvalue weighted by molar-refractivity contribution is 0.228. The first kappa shape index (κ1) is 16.2. The molecule has 0 saturated carbocycles. The summed E-state index contributed by atoms with van der Waals surface area (Å²) in [4.78, 5) is 2.59. The molecule has 1 aromatic heterocycles. The van der Waals surface area contributed by atoms with Crippen LogP contribution in [0.1, 0.15) is 34.1 Å². The third-order valence-corrected chi connectivity index (χ3v) is 5.17. The van der Waals surface area contributed by atoms with Gasteiger partial charge in [0, 0.05) is 32.0 Å². The fraction of sp³-hybridized carbons (Fsp3) is 0.304. The van der Waals surface area contributed by atoms with Gasteiger partial charge in [-0.25, -0.2) is 0 Å². The first-order chi connectivity index (χ1) is 12.3. The lowest BCUT2D eigenvalue weighted by Gasteiger charge is -2.34. The number of nitrogens with zero attached hydrogens (tertiary/aromatic N) is 1. The summed E-state index contributed by atoms with van der Waals surface area (Å²) in [6.45, 7) is 5.27. The Bertz CT molecular complexity index is 821. The topological polar surface area (TPSA) is 16.4 Å². The van der Waals surface area contributed by atoms with Crippen LogP contribution in [0.4, 0.5) is 0 Å². The van der Waals surface area contributed by atoms with E-state index in [9.17, 15) is 0 Å². The normalized spacial score (nSPS) is 17.4. The Morgan fingerprint density at radius 1 is 0.960 bits per heavy atom. The van der Waals surface area contributed by atoms with Gasteiger partial charge in [-0.15, -0.1) is 0 Å². The number of hydrogen-bond donors (Lipinski definition) is 0. The largest absolute Gasteiger partial charge is 0.466 e. The molecule has 0 fully saturated rings. The molecule has 1 unspecified atom stereocenters. The smallest absolute Gasteiger partial charge is 0.104 e. The molecule has 2 nitrogen and oxygen atoms in total. The molecule has 1 aliphatic rings. The van der Waals surface area contributed by atoms with Crippen molar-refractivity contribution in [3.05, 3.63) is 94.9 Å². The lowest BCUT2D eigenvalue weighted by atomic mass is 9.86. The van der Waals surface area contributed by atoms with Crippen molar-refractivity contribution in [3.63, 3.8) is 0 Å². The van der Waals surface area contributed by atoms with E-state index in [1.165, 1.54) is 16.7 Å². The van der Waals surface area contributed by atoms with Crippen LogP contribution in [0.15, 0.2) is 71.1 Å². The van der Waals surface area contributed by atoms with Crippen molar-refractivity contribution in [2.45, 2.75) is 32.2 Å². The minimum absolute atomic E-state index is 0.506. The summed E-state index contributed by atoms with van der Waals surface area (Å²) in [5.41, 5.74) is 4.38. The highest BCUT2D eigenvalue weighted by atomic mass is 16.3. The zero-order valence-corrected chi connectivity index (χ0v) is 14.8. The van der Waals surface area contributed by atoms with Gasteiger partial charge in [0.15, 0.2) is 0 Å². The maximum absolute atomic E-state index is 5.85. The first-order valence-electron chi connectivity index (χ1n) is 9.17. The number of furan rings is 1. The van der Waals surface area contributed by atoms with Crippen LogP contribution >= 0.6 is 0 Å². The first-order valence-corrected chi connectivity index (χ1v) is 9.17. The predicted octanol–water partition coefficient (Wildman–Crippen LogP) is 4.97. The number of aryl methyl sites for hydroxylation is 1. The number of benzene rings is 2. The molecule has 1 atom stereocenters. The molecule has 0 radical (unpaired) electrons. The molecule has 2 heteroatoms. The third-order valence-electron chi connectivity index (χ3n) is 5.17. The van der Waals surface area contributed by atoms with Gasteiger partial charge in [-0.05, 0) is 42.2 Å². The molecule has 0 aliphatic carbocycles. The van der Waals surface area contributed by atoms with Gasteiger partial charge in [0.2, 0.25) is 0 Å². The van der Waals surface area contributed by atoms with Gasteiger partial charge in [-0.2, -0.15) is 0 Å². The van der Waals surface area contributed by atoms with Gasteiger partial charge in [0.05, 0.1) is 0 Å². The second-order valence-corrected chi connectivity index (χ2v) is 7.08. The average molecular weight is 331 g/mol. The molecule has 4 rings (SSSR count). The summed E-state index contributed by atoms with van der Waals surface area (Å²) in [5, 5.41) is 0. The molecule has 0 amide bonds. The molecule has 0 spiro atoms.